The molecule has 1 amide bonds. The van der Waals surface area contributed by atoms with Gasteiger partial charge in [-0.25, -0.2) is 8.42 Å². The van der Waals surface area contributed by atoms with Crippen molar-refractivity contribution in [3.05, 3.63) is 29.8 Å². The molecule has 1 aliphatic carbocycles. The average Bonchev–Trinajstić information content (AvgIpc) is 3.38. The Hall–Kier alpha value is -1.61. The Bertz CT molecular complexity index is 737. The first-order chi connectivity index (χ1) is 11.2. The Balaban J connectivity index is 1.79. The van der Waals surface area contributed by atoms with E-state index in [9.17, 15) is 26.4 Å². The van der Waals surface area contributed by atoms with E-state index in [-0.39, 0.29) is 38.0 Å². The number of rotatable bonds is 3. The normalized spacial score (nSPS) is 20.2. The van der Waals surface area contributed by atoms with E-state index in [1.54, 1.807) is 4.90 Å². The number of alkyl halides is 3. The van der Waals surface area contributed by atoms with Crippen LogP contribution in [0.5, 0.6) is 0 Å². The second-order valence-electron chi connectivity index (χ2n) is 6.00. The van der Waals surface area contributed by atoms with Crippen LogP contribution in [0.1, 0.15) is 18.4 Å². The van der Waals surface area contributed by atoms with E-state index in [0.29, 0.717) is 0 Å². The predicted molar refractivity (Wildman–Crippen MR) is 79.5 cm³/mol. The van der Waals surface area contributed by atoms with Gasteiger partial charge < -0.3 is 4.90 Å². The molecule has 0 bridgehead atoms. The summed E-state index contributed by atoms with van der Waals surface area (Å²) >= 11 is 0. The third-order valence-corrected chi connectivity index (χ3v) is 6.24. The van der Waals surface area contributed by atoms with Crippen molar-refractivity contribution >= 4 is 15.9 Å². The van der Waals surface area contributed by atoms with Crippen molar-refractivity contribution in [3.63, 3.8) is 0 Å². The van der Waals surface area contributed by atoms with E-state index >= 15 is 0 Å². The van der Waals surface area contributed by atoms with Crippen LogP contribution in [0.25, 0.3) is 0 Å². The first kappa shape index (κ1) is 17.2. The Kier molecular flexibility index (Phi) is 4.33. The topological polar surface area (TPSA) is 57.7 Å². The minimum Gasteiger partial charge on any atom is -0.340 e. The summed E-state index contributed by atoms with van der Waals surface area (Å²) in [7, 11) is -4.25. The molecule has 1 aliphatic heterocycles. The molecule has 3 rings (SSSR count). The van der Waals surface area contributed by atoms with Gasteiger partial charge in [-0.15, -0.1) is 0 Å². The van der Waals surface area contributed by atoms with Crippen molar-refractivity contribution in [2.24, 2.45) is 5.92 Å². The van der Waals surface area contributed by atoms with Gasteiger partial charge in [0.1, 0.15) is 0 Å². The van der Waals surface area contributed by atoms with Crippen molar-refractivity contribution in [1.29, 1.82) is 0 Å². The fraction of sp³-hybridized carbons (Fsp3) is 0.533. The maximum Gasteiger partial charge on any atom is 0.417 e. The molecule has 132 valence electrons. The Morgan fingerprint density at radius 1 is 1.04 bits per heavy atom. The first-order valence-electron chi connectivity index (χ1n) is 7.66. The van der Waals surface area contributed by atoms with Gasteiger partial charge in [-0.2, -0.15) is 17.5 Å². The quantitative estimate of drug-likeness (QED) is 0.826. The molecule has 1 saturated heterocycles. The number of hydrogen-bond acceptors (Lipinski definition) is 3. The SMILES string of the molecule is O=C(C1CC1)N1CCN(S(=O)(=O)c2ccccc2C(F)(F)F)CC1. The largest absolute Gasteiger partial charge is 0.417 e. The summed E-state index contributed by atoms with van der Waals surface area (Å²) in [5.41, 5.74) is -1.17. The van der Waals surface area contributed by atoms with E-state index in [1.165, 1.54) is 6.07 Å². The van der Waals surface area contributed by atoms with E-state index in [1.807, 2.05) is 0 Å². The lowest BCUT2D eigenvalue weighted by Crippen LogP contribution is -2.51. The molecule has 2 aliphatic rings. The summed E-state index contributed by atoms with van der Waals surface area (Å²) in [6.45, 7) is 0.436. The first-order valence-corrected chi connectivity index (χ1v) is 9.10. The van der Waals surface area contributed by atoms with Crippen molar-refractivity contribution < 1.29 is 26.4 Å². The highest BCUT2D eigenvalue weighted by atomic mass is 32.2. The van der Waals surface area contributed by atoms with Crippen LogP contribution in [0.15, 0.2) is 29.2 Å². The molecular weight excluding hydrogens is 345 g/mol. The summed E-state index contributed by atoms with van der Waals surface area (Å²) in [5, 5.41) is 0. The van der Waals surface area contributed by atoms with Crippen LogP contribution in [0.4, 0.5) is 13.2 Å². The molecule has 0 radical (unpaired) electrons. The third kappa shape index (κ3) is 3.27. The van der Waals surface area contributed by atoms with Gasteiger partial charge in [0.15, 0.2) is 0 Å². The highest BCUT2D eigenvalue weighted by molar-refractivity contribution is 7.89. The van der Waals surface area contributed by atoms with Crippen LogP contribution >= 0.6 is 0 Å². The summed E-state index contributed by atoms with van der Waals surface area (Å²) in [6, 6.07) is 4.17. The van der Waals surface area contributed by atoms with Gasteiger partial charge in [-0.05, 0) is 25.0 Å². The minimum atomic E-state index is -4.74. The van der Waals surface area contributed by atoms with Gasteiger partial charge in [0.25, 0.3) is 0 Å². The Morgan fingerprint density at radius 3 is 2.17 bits per heavy atom. The van der Waals surface area contributed by atoms with Crippen LogP contribution in [0, 0.1) is 5.92 Å². The number of piperazine rings is 1. The molecule has 1 aromatic rings. The minimum absolute atomic E-state index is 0.00693. The molecule has 0 unspecified atom stereocenters. The third-order valence-electron chi connectivity index (χ3n) is 4.29. The lowest BCUT2D eigenvalue weighted by molar-refractivity contribution is -0.139. The van der Waals surface area contributed by atoms with Gasteiger partial charge >= 0.3 is 6.18 Å². The van der Waals surface area contributed by atoms with E-state index in [0.717, 1.165) is 35.3 Å². The lowest BCUT2D eigenvalue weighted by Gasteiger charge is -2.34. The Morgan fingerprint density at radius 2 is 1.62 bits per heavy atom. The van der Waals surface area contributed by atoms with Crippen LogP contribution < -0.4 is 0 Å². The molecule has 1 aromatic carbocycles. The van der Waals surface area contributed by atoms with Gasteiger partial charge in [0.2, 0.25) is 15.9 Å². The molecule has 0 spiro atoms. The number of carbonyl (C=O) groups is 1. The molecule has 0 N–H and O–H groups in total. The van der Waals surface area contributed by atoms with E-state index in [4.69, 9.17) is 0 Å². The van der Waals surface area contributed by atoms with Gasteiger partial charge in [0.05, 0.1) is 10.5 Å². The maximum atomic E-state index is 13.1. The smallest absolute Gasteiger partial charge is 0.340 e. The van der Waals surface area contributed by atoms with Crippen LogP contribution in [0.3, 0.4) is 0 Å². The van der Waals surface area contributed by atoms with Gasteiger partial charge in [0, 0.05) is 32.1 Å². The predicted octanol–water partition coefficient (Wildman–Crippen LogP) is 1.95. The standard InChI is InChI=1S/C15H17F3N2O3S/c16-15(17,18)12-3-1-2-4-13(12)24(22,23)20-9-7-19(8-10-20)14(21)11-5-6-11/h1-4,11H,5-10H2. The zero-order valence-corrected chi connectivity index (χ0v) is 13.6. The van der Waals surface area contributed by atoms with E-state index < -0.39 is 26.7 Å². The molecule has 2 fully saturated rings. The number of nitrogens with zero attached hydrogens (tertiary/aromatic N) is 2. The van der Waals surface area contributed by atoms with Crippen LogP contribution in [-0.4, -0.2) is 49.7 Å². The fourth-order valence-corrected chi connectivity index (χ4v) is 4.44. The van der Waals surface area contributed by atoms with Gasteiger partial charge in [-0.1, -0.05) is 12.1 Å². The molecule has 0 aromatic heterocycles. The Labute approximate surface area is 138 Å². The number of hydrogen-bond donors (Lipinski definition) is 0. The zero-order valence-electron chi connectivity index (χ0n) is 12.8. The van der Waals surface area contributed by atoms with Crippen LogP contribution in [-0.2, 0) is 21.0 Å². The van der Waals surface area contributed by atoms with Crippen molar-refractivity contribution in [2.75, 3.05) is 26.2 Å². The summed E-state index contributed by atoms with van der Waals surface area (Å²) in [6.07, 6.45) is -3.03. The molecule has 24 heavy (non-hydrogen) atoms. The highest BCUT2D eigenvalue weighted by Crippen LogP contribution is 2.35. The summed E-state index contributed by atoms with van der Waals surface area (Å²) in [4.78, 5) is 12.8. The van der Waals surface area contributed by atoms with E-state index in [2.05, 4.69) is 0 Å². The van der Waals surface area contributed by atoms with Crippen molar-refractivity contribution in [3.8, 4) is 0 Å². The number of halogens is 3. The molecular formula is C15H17F3N2O3S. The molecule has 1 saturated carbocycles. The number of sulfonamides is 1. The monoisotopic (exact) mass is 362 g/mol. The number of amides is 1. The second kappa shape index (κ2) is 6.03. The highest BCUT2D eigenvalue weighted by Gasteiger charge is 2.40. The lowest BCUT2D eigenvalue weighted by atomic mass is 10.2. The molecule has 1 heterocycles. The number of carbonyl (C=O) groups excluding carboxylic acids is 1. The summed E-state index contributed by atoms with van der Waals surface area (Å²) < 4.78 is 65.4. The number of benzene rings is 1. The maximum absolute atomic E-state index is 13.1. The van der Waals surface area contributed by atoms with Crippen LogP contribution in [0.2, 0.25) is 0 Å². The molecule has 9 heteroatoms. The van der Waals surface area contributed by atoms with Gasteiger partial charge in [-0.3, -0.25) is 4.79 Å². The second-order valence-corrected chi connectivity index (χ2v) is 7.90. The zero-order chi connectivity index (χ0) is 17.5. The fourth-order valence-electron chi connectivity index (χ4n) is 2.80. The average molecular weight is 362 g/mol. The molecule has 0 atom stereocenters. The van der Waals surface area contributed by atoms with Crippen molar-refractivity contribution in [2.45, 2.75) is 23.9 Å². The van der Waals surface area contributed by atoms with Crippen molar-refractivity contribution in [1.82, 2.24) is 9.21 Å². The molecule has 5 nitrogen and oxygen atoms in total. The summed E-state index contributed by atoms with van der Waals surface area (Å²) in [5.74, 6) is 0.0573.